The minimum atomic E-state index is 0.126. The molecule has 0 aliphatic heterocycles. The molecule has 0 bridgehead atoms. The number of fused-ring (bicyclic) bond motifs is 1. The van der Waals surface area contributed by atoms with Crippen molar-refractivity contribution in [1.29, 1.82) is 0 Å². The molecule has 0 spiro atoms. The highest BCUT2D eigenvalue weighted by Gasteiger charge is 2.28. The third-order valence-electron chi connectivity index (χ3n) is 5.07. The maximum atomic E-state index is 12.6. The minimum absolute atomic E-state index is 0.126. The zero-order valence-corrected chi connectivity index (χ0v) is 12.5. The van der Waals surface area contributed by atoms with Crippen LogP contribution < -0.4 is 5.56 Å². The first kappa shape index (κ1) is 13.1. The van der Waals surface area contributed by atoms with Gasteiger partial charge in [0.2, 0.25) is 0 Å². The topological polar surface area (TPSA) is 39.3 Å². The lowest BCUT2D eigenvalue weighted by Gasteiger charge is -2.15. The molecule has 0 saturated heterocycles. The Balaban J connectivity index is 1.63. The minimum Gasteiger partial charge on any atom is -0.312 e. The second-order valence-electron chi connectivity index (χ2n) is 6.76. The van der Waals surface area contributed by atoms with Crippen molar-refractivity contribution < 1.29 is 0 Å². The lowest BCUT2D eigenvalue weighted by molar-refractivity contribution is 0.390. The van der Waals surface area contributed by atoms with Crippen molar-refractivity contribution in [3.8, 4) is 0 Å². The first-order valence-corrected chi connectivity index (χ1v) is 8.39. The van der Waals surface area contributed by atoms with Crippen molar-refractivity contribution in [2.45, 2.75) is 63.8 Å². The van der Waals surface area contributed by atoms with Crippen LogP contribution in [0.2, 0.25) is 0 Å². The number of imidazole rings is 1. The first-order chi connectivity index (χ1) is 10.3. The van der Waals surface area contributed by atoms with Gasteiger partial charge in [0.05, 0.1) is 6.20 Å². The normalized spacial score (nSPS) is 20.8. The number of nitrogens with zero attached hydrogens (tertiary/aromatic N) is 3. The van der Waals surface area contributed by atoms with Crippen LogP contribution in [-0.4, -0.2) is 14.0 Å². The van der Waals surface area contributed by atoms with Gasteiger partial charge in [-0.25, -0.2) is 4.98 Å². The van der Waals surface area contributed by atoms with Gasteiger partial charge in [-0.05, 0) is 31.6 Å². The first-order valence-electron chi connectivity index (χ1n) is 8.39. The lowest BCUT2D eigenvalue weighted by Crippen LogP contribution is -2.25. The molecule has 2 heterocycles. The summed E-state index contributed by atoms with van der Waals surface area (Å²) in [6, 6.07) is 0. The quantitative estimate of drug-likeness (QED) is 0.811. The Labute approximate surface area is 124 Å². The molecule has 0 aromatic carbocycles. The predicted octanol–water partition coefficient (Wildman–Crippen LogP) is 3.34. The number of aromatic nitrogens is 3. The molecule has 0 radical (unpaired) electrons. The van der Waals surface area contributed by atoms with Crippen LogP contribution in [0.25, 0.3) is 5.52 Å². The molecule has 2 aromatic rings. The van der Waals surface area contributed by atoms with E-state index in [1.807, 2.05) is 21.4 Å². The maximum Gasteiger partial charge on any atom is 0.276 e. The molecule has 4 heteroatoms. The van der Waals surface area contributed by atoms with Crippen LogP contribution in [0.15, 0.2) is 23.4 Å². The largest absolute Gasteiger partial charge is 0.312 e. The van der Waals surface area contributed by atoms with E-state index in [0.717, 1.165) is 17.9 Å². The highest BCUT2D eigenvalue weighted by molar-refractivity contribution is 5.44. The monoisotopic (exact) mass is 285 g/mol. The molecular formula is C17H23N3O. The Bertz CT molecular complexity index is 688. The van der Waals surface area contributed by atoms with E-state index in [-0.39, 0.29) is 5.56 Å². The predicted molar refractivity (Wildman–Crippen MR) is 82.6 cm³/mol. The summed E-state index contributed by atoms with van der Waals surface area (Å²) in [5.41, 5.74) is 0.870. The molecule has 2 aliphatic rings. The van der Waals surface area contributed by atoms with Gasteiger partial charge in [-0.1, -0.05) is 25.7 Å². The molecule has 4 rings (SSSR count). The highest BCUT2D eigenvalue weighted by Crippen LogP contribution is 2.39. The van der Waals surface area contributed by atoms with Crippen molar-refractivity contribution in [3.63, 3.8) is 0 Å². The van der Waals surface area contributed by atoms with Gasteiger partial charge in [0.25, 0.3) is 5.56 Å². The highest BCUT2D eigenvalue weighted by atomic mass is 16.1. The Morgan fingerprint density at radius 1 is 1.05 bits per heavy atom. The molecule has 2 aliphatic carbocycles. The fourth-order valence-corrected chi connectivity index (χ4v) is 3.66. The van der Waals surface area contributed by atoms with Gasteiger partial charge in [-0.2, -0.15) is 0 Å². The van der Waals surface area contributed by atoms with Gasteiger partial charge in [0.15, 0.2) is 0 Å². The number of hydrogen-bond donors (Lipinski definition) is 0. The molecule has 0 atom stereocenters. The van der Waals surface area contributed by atoms with Gasteiger partial charge in [0.1, 0.15) is 11.3 Å². The smallest absolute Gasteiger partial charge is 0.276 e. The Kier molecular flexibility index (Phi) is 3.32. The number of hydrogen-bond acceptors (Lipinski definition) is 2. The van der Waals surface area contributed by atoms with Gasteiger partial charge >= 0.3 is 0 Å². The fraction of sp³-hybridized carbons (Fsp3) is 0.647. The number of rotatable bonds is 3. The Hall–Kier alpha value is -1.58. The van der Waals surface area contributed by atoms with Gasteiger partial charge in [-0.15, -0.1) is 0 Å². The van der Waals surface area contributed by atoms with Crippen LogP contribution in [0.5, 0.6) is 0 Å². The van der Waals surface area contributed by atoms with Crippen LogP contribution >= 0.6 is 0 Å². The zero-order chi connectivity index (χ0) is 14.2. The third kappa shape index (κ3) is 2.52. The summed E-state index contributed by atoms with van der Waals surface area (Å²) < 4.78 is 3.91. The van der Waals surface area contributed by atoms with E-state index in [2.05, 4.69) is 4.98 Å². The zero-order valence-electron chi connectivity index (χ0n) is 12.5. The van der Waals surface area contributed by atoms with E-state index in [1.165, 1.54) is 51.4 Å². The van der Waals surface area contributed by atoms with E-state index in [4.69, 9.17) is 0 Å². The van der Waals surface area contributed by atoms with E-state index >= 15 is 0 Å². The summed E-state index contributed by atoms with van der Waals surface area (Å²) >= 11 is 0. The van der Waals surface area contributed by atoms with Crippen LogP contribution in [0.1, 0.15) is 63.1 Å². The summed E-state index contributed by atoms with van der Waals surface area (Å²) in [7, 11) is 0. The molecule has 2 fully saturated rings. The Morgan fingerprint density at radius 3 is 2.52 bits per heavy atom. The molecule has 0 unspecified atom stereocenters. The van der Waals surface area contributed by atoms with E-state index in [0.29, 0.717) is 11.8 Å². The van der Waals surface area contributed by atoms with Crippen LogP contribution in [-0.2, 0) is 6.54 Å². The van der Waals surface area contributed by atoms with Crippen LogP contribution in [0, 0.1) is 5.92 Å². The Morgan fingerprint density at radius 2 is 1.81 bits per heavy atom. The molecule has 0 amide bonds. The van der Waals surface area contributed by atoms with Gasteiger partial charge < -0.3 is 4.57 Å². The molecule has 2 saturated carbocycles. The van der Waals surface area contributed by atoms with Crippen molar-refractivity contribution in [2.75, 3.05) is 0 Å². The maximum absolute atomic E-state index is 12.6. The summed E-state index contributed by atoms with van der Waals surface area (Å²) in [4.78, 5) is 17.1. The van der Waals surface area contributed by atoms with E-state index < -0.39 is 0 Å². The van der Waals surface area contributed by atoms with Gasteiger partial charge in [-0.3, -0.25) is 9.20 Å². The van der Waals surface area contributed by atoms with Gasteiger partial charge in [0, 0.05) is 24.9 Å². The molecule has 21 heavy (non-hydrogen) atoms. The van der Waals surface area contributed by atoms with Crippen molar-refractivity contribution in [2.24, 2.45) is 5.92 Å². The van der Waals surface area contributed by atoms with Crippen LogP contribution in [0.4, 0.5) is 0 Å². The second kappa shape index (κ2) is 5.32. The van der Waals surface area contributed by atoms with Crippen LogP contribution in [0.3, 0.4) is 0 Å². The average Bonchev–Trinajstić information content (AvgIpc) is 3.28. The fourth-order valence-electron chi connectivity index (χ4n) is 3.66. The van der Waals surface area contributed by atoms with E-state index in [1.54, 1.807) is 6.20 Å². The van der Waals surface area contributed by atoms with Crippen molar-refractivity contribution >= 4 is 5.52 Å². The summed E-state index contributed by atoms with van der Waals surface area (Å²) in [6.07, 6.45) is 16.1. The lowest BCUT2D eigenvalue weighted by atomic mass is 10.0. The summed E-state index contributed by atoms with van der Waals surface area (Å²) in [5.74, 6) is 2.31. The van der Waals surface area contributed by atoms with Crippen molar-refractivity contribution in [3.05, 3.63) is 34.8 Å². The molecular weight excluding hydrogens is 262 g/mol. The summed E-state index contributed by atoms with van der Waals surface area (Å²) in [6.45, 7) is 0.874. The molecule has 4 nitrogen and oxygen atoms in total. The molecule has 112 valence electrons. The second-order valence-corrected chi connectivity index (χ2v) is 6.76. The molecule has 0 N–H and O–H groups in total. The average molecular weight is 285 g/mol. The van der Waals surface area contributed by atoms with E-state index in [9.17, 15) is 4.79 Å². The molecule has 2 aromatic heterocycles. The SMILES string of the molecule is O=c1c2cnc(C3CC3)n2ccn1CC1CCCCCC1. The summed E-state index contributed by atoms with van der Waals surface area (Å²) in [5, 5.41) is 0. The standard InChI is InChI=1S/C17H23N3O/c21-17-15-11-18-16(14-7-8-14)20(15)10-9-19(17)12-13-5-3-1-2-4-6-13/h9-11,13-14H,1-8,12H2. The third-order valence-corrected chi connectivity index (χ3v) is 5.07. The van der Waals surface area contributed by atoms with Crippen molar-refractivity contribution in [1.82, 2.24) is 14.0 Å².